The standard InChI is InChI=1S/C32H47BrO7/c1-17(34)40-27(2,3)13-12-23(36)32(9,39)25-21(35)15-29(6)22-11-10-18-19(14-20(33)26(38)28(18,4)5)31(22,8)24(37)16-30(25,29)7/h10,19-22,25,35,39H,11-16H2,1-9H3/t19-,20+,21-,22+,25+,29+,30-,31+,32+/m1/s1. The highest BCUT2D eigenvalue weighted by Gasteiger charge is 2.74. The number of halogens is 1. The maximum Gasteiger partial charge on any atom is 0.303 e. The maximum atomic E-state index is 14.4. The van der Waals surface area contributed by atoms with Gasteiger partial charge in [-0.3, -0.25) is 19.2 Å². The van der Waals surface area contributed by atoms with E-state index in [-0.39, 0.29) is 47.5 Å². The molecule has 40 heavy (non-hydrogen) atoms. The van der Waals surface area contributed by atoms with Gasteiger partial charge >= 0.3 is 5.97 Å². The molecule has 3 fully saturated rings. The monoisotopic (exact) mass is 622 g/mol. The van der Waals surface area contributed by atoms with Crippen molar-refractivity contribution in [1.29, 1.82) is 0 Å². The van der Waals surface area contributed by atoms with E-state index < -0.39 is 56.6 Å². The summed E-state index contributed by atoms with van der Waals surface area (Å²) in [5, 5.41) is 23.4. The Morgan fingerprint density at radius 3 is 2.27 bits per heavy atom. The van der Waals surface area contributed by atoms with E-state index in [9.17, 15) is 29.4 Å². The van der Waals surface area contributed by atoms with Crippen LogP contribution in [-0.2, 0) is 23.9 Å². The molecule has 0 aromatic rings. The highest BCUT2D eigenvalue weighted by Crippen LogP contribution is 2.74. The van der Waals surface area contributed by atoms with Crippen molar-refractivity contribution in [2.24, 2.45) is 39.4 Å². The summed E-state index contributed by atoms with van der Waals surface area (Å²) in [6.45, 7) is 16.3. The lowest BCUT2D eigenvalue weighted by Crippen LogP contribution is -2.65. The number of aliphatic hydroxyl groups is 2. The van der Waals surface area contributed by atoms with Gasteiger partial charge in [0.2, 0.25) is 0 Å². The van der Waals surface area contributed by atoms with Crippen molar-refractivity contribution >= 4 is 39.2 Å². The fraction of sp³-hybridized carbons (Fsp3) is 0.812. The second-order valence-corrected chi connectivity index (χ2v) is 16.2. The van der Waals surface area contributed by atoms with Crippen LogP contribution in [0.15, 0.2) is 11.6 Å². The molecule has 9 atom stereocenters. The summed E-state index contributed by atoms with van der Waals surface area (Å²) in [4.78, 5) is 52.2. The van der Waals surface area contributed by atoms with Crippen LogP contribution in [0.1, 0.15) is 101 Å². The van der Waals surface area contributed by atoms with E-state index in [1.807, 2.05) is 27.7 Å². The van der Waals surface area contributed by atoms with E-state index in [0.717, 1.165) is 5.57 Å². The number of ketones is 3. The smallest absolute Gasteiger partial charge is 0.303 e. The van der Waals surface area contributed by atoms with Crippen molar-refractivity contribution < 1.29 is 34.1 Å². The Hall–Kier alpha value is -1.38. The number of esters is 1. The summed E-state index contributed by atoms with van der Waals surface area (Å²) in [6, 6.07) is 0. The molecule has 0 radical (unpaired) electrons. The number of fused-ring (bicyclic) bond motifs is 5. The predicted molar refractivity (Wildman–Crippen MR) is 155 cm³/mol. The first kappa shape index (κ1) is 31.6. The number of allylic oxidation sites excluding steroid dienone is 2. The first-order valence-corrected chi connectivity index (χ1v) is 15.5. The number of hydrogen-bond donors (Lipinski definition) is 2. The number of carbonyl (C=O) groups is 4. The molecule has 0 aromatic carbocycles. The van der Waals surface area contributed by atoms with Crippen molar-refractivity contribution in [1.82, 2.24) is 0 Å². The van der Waals surface area contributed by atoms with Gasteiger partial charge in [-0.15, -0.1) is 0 Å². The number of rotatable bonds is 6. The van der Waals surface area contributed by atoms with Gasteiger partial charge in [0.1, 0.15) is 17.0 Å². The second-order valence-electron chi connectivity index (χ2n) is 15.1. The van der Waals surface area contributed by atoms with Gasteiger partial charge in [-0.2, -0.15) is 0 Å². The van der Waals surface area contributed by atoms with E-state index in [2.05, 4.69) is 28.9 Å². The van der Waals surface area contributed by atoms with Crippen molar-refractivity contribution in [2.75, 3.05) is 0 Å². The molecule has 7 nitrogen and oxygen atoms in total. The normalized spacial score (nSPS) is 42.2. The summed E-state index contributed by atoms with van der Waals surface area (Å²) in [5.41, 5.74) is -4.45. The van der Waals surface area contributed by atoms with Crippen LogP contribution < -0.4 is 0 Å². The van der Waals surface area contributed by atoms with E-state index in [1.165, 1.54) is 13.8 Å². The average Bonchev–Trinajstić information content (AvgIpc) is 3.01. The second kappa shape index (κ2) is 9.57. The lowest BCUT2D eigenvalue weighted by atomic mass is 9.38. The van der Waals surface area contributed by atoms with Gasteiger partial charge in [-0.1, -0.05) is 48.4 Å². The lowest BCUT2D eigenvalue weighted by Gasteiger charge is -2.64. The number of ether oxygens (including phenoxy) is 1. The molecule has 0 saturated heterocycles. The minimum Gasteiger partial charge on any atom is -0.460 e. The Labute approximate surface area is 247 Å². The van der Waals surface area contributed by atoms with Crippen molar-refractivity contribution in [3.63, 3.8) is 0 Å². The third-order valence-electron chi connectivity index (χ3n) is 11.9. The first-order valence-electron chi connectivity index (χ1n) is 14.6. The lowest BCUT2D eigenvalue weighted by molar-refractivity contribution is -0.183. The molecule has 0 heterocycles. The first-order chi connectivity index (χ1) is 18.1. The molecule has 3 saturated carbocycles. The Morgan fingerprint density at radius 2 is 1.70 bits per heavy atom. The van der Waals surface area contributed by atoms with Gasteiger partial charge in [-0.05, 0) is 83.0 Å². The Kier molecular flexibility index (Phi) is 7.55. The largest absolute Gasteiger partial charge is 0.460 e. The highest BCUT2D eigenvalue weighted by molar-refractivity contribution is 9.10. The van der Waals surface area contributed by atoms with Crippen LogP contribution >= 0.6 is 15.9 Å². The summed E-state index contributed by atoms with van der Waals surface area (Å²) >= 11 is 3.61. The van der Waals surface area contributed by atoms with Gasteiger partial charge < -0.3 is 14.9 Å². The molecule has 0 aliphatic heterocycles. The van der Waals surface area contributed by atoms with Crippen LogP contribution in [-0.4, -0.2) is 55.7 Å². The number of alkyl halides is 1. The minimum absolute atomic E-state index is 0.0255. The molecule has 0 aromatic heterocycles. The van der Waals surface area contributed by atoms with E-state index >= 15 is 0 Å². The van der Waals surface area contributed by atoms with Crippen LogP contribution in [0, 0.1) is 39.4 Å². The van der Waals surface area contributed by atoms with E-state index in [1.54, 1.807) is 13.8 Å². The Morgan fingerprint density at radius 1 is 1.10 bits per heavy atom. The van der Waals surface area contributed by atoms with Gasteiger partial charge in [-0.25, -0.2) is 0 Å². The number of Topliss-reactive ketones (excluding diaryl/α,β-unsaturated/α-hetero) is 3. The Bertz CT molecular complexity index is 1170. The zero-order chi connectivity index (χ0) is 30.4. The molecular formula is C32H47BrO7. The molecule has 8 heteroatoms. The fourth-order valence-electron chi connectivity index (χ4n) is 9.64. The zero-order valence-electron chi connectivity index (χ0n) is 25.5. The summed E-state index contributed by atoms with van der Waals surface area (Å²) in [5.74, 6) is -1.69. The molecule has 4 aliphatic rings. The summed E-state index contributed by atoms with van der Waals surface area (Å²) in [7, 11) is 0. The van der Waals surface area contributed by atoms with Gasteiger partial charge in [0.05, 0.1) is 10.9 Å². The predicted octanol–water partition coefficient (Wildman–Crippen LogP) is 5.13. The summed E-state index contributed by atoms with van der Waals surface area (Å²) in [6.07, 6.45) is 3.08. The number of carbonyl (C=O) groups excluding carboxylic acids is 4. The topological polar surface area (TPSA) is 118 Å². The molecule has 4 rings (SSSR count). The number of aliphatic hydroxyl groups excluding tert-OH is 1. The van der Waals surface area contributed by atoms with Gasteiger partial charge in [0.15, 0.2) is 11.6 Å². The van der Waals surface area contributed by atoms with Crippen molar-refractivity contribution in [2.45, 2.75) is 123 Å². The molecular weight excluding hydrogens is 576 g/mol. The third kappa shape index (κ3) is 4.33. The van der Waals surface area contributed by atoms with Crippen LogP contribution in [0.2, 0.25) is 0 Å². The van der Waals surface area contributed by atoms with E-state index in [0.29, 0.717) is 19.3 Å². The van der Waals surface area contributed by atoms with Crippen molar-refractivity contribution in [3.05, 3.63) is 11.6 Å². The number of hydrogen-bond acceptors (Lipinski definition) is 7. The van der Waals surface area contributed by atoms with Crippen LogP contribution in [0.4, 0.5) is 0 Å². The van der Waals surface area contributed by atoms with Crippen LogP contribution in [0.5, 0.6) is 0 Å². The quantitative estimate of drug-likeness (QED) is 0.240. The molecule has 0 spiro atoms. The molecule has 2 N–H and O–H groups in total. The van der Waals surface area contributed by atoms with E-state index in [4.69, 9.17) is 4.74 Å². The van der Waals surface area contributed by atoms with Crippen molar-refractivity contribution in [3.8, 4) is 0 Å². The fourth-order valence-corrected chi connectivity index (χ4v) is 10.6. The molecule has 0 bridgehead atoms. The molecule has 224 valence electrons. The Balaban J connectivity index is 1.70. The summed E-state index contributed by atoms with van der Waals surface area (Å²) < 4.78 is 5.33. The molecule has 0 amide bonds. The highest BCUT2D eigenvalue weighted by atomic mass is 79.9. The van der Waals surface area contributed by atoms with Crippen LogP contribution in [0.25, 0.3) is 0 Å². The van der Waals surface area contributed by atoms with Gasteiger partial charge in [0, 0.05) is 36.5 Å². The van der Waals surface area contributed by atoms with Crippen LogP contribution in [0.3, 0.4) is 0 Å². The minimum atomic E-state index is -1.87. The zero-order valence-corrected chi connectivity index (χ0v) is 27.1. The molecule has 0 unspecified atom stereocenters. The molecule has 4 aliphatic carbocycles. The SMILES string of the molecule is CC(=O)OC(C)(C)CCC(=O)[C@](C)(O)[C@H]1[C@H](O)C[C@@]2(C)[C@@H]3CC=C4[C@@H](C[C@H](Br)C(=O)C4(C)C)[C@]3(C)C(=O)C[C@]12C. The maximum absolute atomic E-state index is 14.4. The van der Waals surface area contributed by atoms with Gasteiger partial charge in [0.25, 0.3) is 0 Å². The third-order valence-corrected chi connectivity index (χ3v) is 12.7. The average molecular weight is 624 g/mol.